The van der Waals surface area contributed by atoms with E-state index >= 15 is 0 Å². The van der Waals surface area contributed by atoms with E-state index in [9.17, 15) is 9.90 Å². The predicted octanol–water partition coefficient (Wildman–Crippen LogP) is 5.26. The van der Waals surface area contributed by atoms with Crippen molar-refractivity contribution in [2.24, 2.45) is 10.2 Å². The SMILES string of the molecule is Cc1cc2c(N=NC(=O)Nc3ccccc3)c(O)[nH]c2cc1Br. The number of amides is 2. The van der Waals surface area contributed by atoms with E-state index in [1.54, 1.807) is 24.3 Å². The highest BCUT2D eigenvalue weighted by atomic mass is 79.9. The minimum atomic E-state index is -0.612. The van der Waals surface area contributed by atoms with E-state index in [-0.39, 0.29) is 11.6 Å². The van der Waals surface area contributed by atoms with Gasteiger partial charge in [0.1, 0.15) is 0 Å². The second kappa shape index (κ2) is 6.21. The summed E-state index contributed by atoms with van der Waals surface area (Å²) in [6.07, 6.45) is 0. The Balaban J connectivity index is 1.87. The number of nitrogens with zero attached hydrogens (tertiary/aromatic N) is 2. The summed E-state index contributed by atoms with van der Waals surface area (Å²) in [7, 11) is 0. The van der Waals surface area contributed by atoms with Crippen LogP contribution in [0.15, 0.2) is 57.2 Å². The number of fused-ring (bicyclic) bond motifs is 1. The van der Waals surface area contributed by atoms with Crippen LogP contribution >= 0.6 is 15.9 Å². The first-order chi connectivity index (χ1) is 11.0. The van der Waals surface area contributed by atoms with Crippen molar-refractivity contribution < 1.29 is 9.90 Å². The van der Waals surface area contributed by atoms with Gasteiger partial charge in [0.05, 0.1) is 5.52 Å². The summed E-state index contributed by atoms with van der Waals surface area (Å²) in [5.41, 5.74) is 2.55. The molecule has 3 rings (SSSR count). The third-order valence-electron chi connectivity index (χ3n) is 3.30. The number of carbonyl (C=O) groups is 1. The van der Waals surface area contributed by atoms with Gasteiger partial charge in [0, 0.05) is 15.5 Å². The maximum atomic E-state index is 11.8. The summed E-state index contributed by atoms with van der Waals surface area (Å²) in [4.78, 5) is 14.6. The largest absolute Gasteiger partial charge is 0.493 e. The van der Waals surface area contributed by atoms with Crippen molar-refractivity contribution in [2.45, 2.75) is 6.92 Å². The Labute approximate surface area is 140 Å². The number of aromatic nitrogens is 1. The molecule has 1 aromatic heterocycles. The van der Waals surface area contributed by atoms with E-state index in [0.29, 0.717) is 16.6 Å². The van der Waals surface area contributed by atoms with Gasteiger partial charge in [0.2, 0.25) is 5.88 Å². The number of H-pyrrole nitrogens is 1. The number of aryl methyl sites for hydroxylation is 1. The number of benzene rings is 2. The average molecular weight is 373 g/mol. The third-order valence-corrected chi connectivity index (χ3v) is 4.15. The summed E-state index contributed by atoms with van der Waals surface area (Å²) in [6.45, 7) is 1.93. The zero-order valence-corrected chi connectivity index (χ0v) is 13.8. The lowest BCUT2D eigenvalue weighted by molar-refractivity contribution is 0.258. The Bertz CT molecular complexity index is 903. The van der Waals surface area contributed by atoms with E-state index in [4.69, 9.17) is 0 Å². The number of azo groups is 1. The number of hydrogen-bond donors (Lipinski definition) is 3. The summed E-state index contributed by atoms with van der Waals surface area (Å²) >= 11 is 3.43. The second-order valence-corrected chi connectivity index (χ2v) is 5.82. The first-order valence-corrected chi connectivity index (χ1v) is 7.62. The molecule has 0 fully saturated rings. The molecule has 6 nitrogen and oxygen atoms in total. The maximum absolute atomic E-state index is 11.8. The minimum Gasteiger partial charge on any atom is -0.493 e. The molecule has 23 heavy (non-hydrogen) atoms. The molecule has 3 aromatic rings. The molecule has 7 heteroatoms. The fourth-order valence-electron chi connectivity index (χ4n) is 2.16. The molecule has 2 aromatic carbocycles. The molecule has 0 aliphatic rings. The van der Waals surface area contributed by atoms with Crippen LogP contribution in [0.1, 0.15) is 5.56 Å². The Kier molecular flexibility index (Phi) is 4.12. The number of aromatic amines is 1. The molecule has 0 saturated carbocycles. The molecule has 1 heterocycles. The second-order valence-electron chi connectivity index (χ2n) is 4.97. The molecule has 0 bridgehead atoms. The van der Waals surface area contributed by atoms with Crippen LogP contribution < -0.4 is 5.32 Å². The highest BCUT2D eigenvalue weighted by Gasteiger charge is 2.12. The van der Waals surface area contributed by atoms with E-state index in [1.165, 1.54) is 0 Å². The predicted molar refractivity (Wildman–Crippen MR) is 92.4 cm³/mol. The first kappa shape index (κ1) is 15.2. The van der Waals surface area contributed by atoms with Gasteiger partial charge in [0.25, 0.3) is 0 Å². The number of halogens is 1. The third kappa shape index (κ3) is 3.24. The number of urea groups is 1. The van der Waals surface area contributed by atoms with Crippen LogP contribution in [0, 0.1) is 6.92 Å². The molecule has 0 atom stereocenters. The van der Waals surface area contributed by atoms with Gasteiger partial charge in [-0.05, 0) is 36.8 Å². The lowest BCUT2D eigenvalue weighted by atomic mass is 10.1. The van der Waals surface area contributed by atoms with Crippen LogP contribution in [-0.2, 0) is 0 Å². The van der Waals surface area contributed by atoms with E-state index in [2.05, 4.69) is 36.5 Å². The molecule has 2 amide bonds. The fourth-order valence-corrected chi connectivity index (χ4v) is 2.51. The lowest BCUT2D eigenvalue weighted by Gasteiger charge is -1.99. The number of para-hydroxylation sites is 1. The molecule has 0 saturated heterocycles. The summed E-state index contributed by atoms with van der Waals surface area (Å²) in [5, 5.41) is 20.7. The number of anilines is 1. The van der Waals surface area contributed by atoms with Gasteiger partial charge < -0.3 is 15.4 Å². The standard InChI is InChI=1S/C16H13BrN4O2/c1-9-7-11-13(8-12(9)17)19-15(22)14(11)20-21-16(23)18-10-5-3-2-4-6-10/h2-8,19,22H,1H3,(H,18,23). The Hall–Kier alpha value is -2.67. The van der Waals surface area contributed by atoms with Crippen molar-refractivity contribution >= 4 is 44.2 Å². The molecule has 0 unspecified atom stereocenters. The van der Waals surface area contributed by atoms with Gasteiger partial charge in [-0.1, -0.05) is 39.2 Å². The van der Waals surface area contributed by atoms with Crippen LogP contribution in [0.25, 0.3) is 10.9 Å². The van der Waals surface area contributed by atoms with Crippen LogP contribution in [0.4, 0.5) is 16.2 Å². The van der Waals surface area contributed by atoms with Crippen molar-refractivity contribution in [1.29, 1.82) is 0 Å². The Morgan fingerprint density at radius 2 is 2.00 bits per heavy atom. The average Bonchev–Trinajstić information content (AvgIpc) is 2.81. The highest BCUT2D eigenvalue weighted by Crippen LogP contribution is 2.37. The Morgan fingerprint density at radius 1 is 1.26 bits per heavy atom. The van der Waals surface area contributed by atoms with Gasteiger partial charge in [0.15, 0.2) is 5.69 Å². The van der Waals surface area contributed by atoms with E-state index in [0.717, 1.165) is 10.0 Å². The quantitative estimate of drug-likeness (QED) is 0.535. The molecular weight excluding hydrogens is 360 g/mol. The maximum Gasteiger partial charge on any atom is 0.364 e. The van der Waals surface area contributed by atoms with Crippen molar-refractivity contribution in [3.8, 4) is 5.88 Å². The zero-order valence-electron chi connectivity index (χ0n) is 12.2. The zero-order chi connectivity index (χ0) is 16.4. The highest BCUT2D eigenvalue weighted by molar-refractivity contribution is 9.10. The van der Waals surface area contributed by atoms with Gasteiger partial charge in [-0.15, -0.1) is 5.11 Å². The Morgan fingerprint density at radius 3 is 2.74 bits per heavy atom. The van der Waals surface area contributed by atoms with Crippen molar-refractivity contribution in [3.05, 3.63) is 52.5 Å². The van der Waals surface area contributed by atoms with E-state index in [1.807, 2.05) is 25.1 Å². The van der Waals surface area contributed by atoms with E-state index < -0.39 is 6.03 Å². The fraction of sp³-hybridized carbons (Fsp3) is 0.0625. The normalized spacial score (nSPS) is 11.2. The molecule has 0 radical (unpaired) electrons. The number of nitrogens with one attached hydrogen (secondary N) is 2. The number of carbonyl (C=O) groups excluding carboxylic acids is 1. The molecular formula is C16H13BrN4O2. The minimum absolute atomic E-state index is 0.131. The topological polar surface area (TPSA) is 89.8 Å². The molecule has 0 aliphatic heterocycles. The molecule has 0 aliphatic carbocycles. The molecule has 116 valence electrons. The van der Waals surface area contributed by atoms with Crippen molar-refractivity contribution in [3.63, 3.8) is 0 Å². The monoisotopic (exact) mass is 372 g/mol. The smallest absolute Gasteiger partial charge is 0.364 e. The number of rotatable bonds is 2. The molecule has 3 N–H and O–H groups in total. The van der Waals surface area contributed by atoms with Gasteiger partial charge in [-0.2, -0.15) is 0 Å². The van der Waals surface area contributed by atoms with Crippen LogP contribution in [0.5, 0.6) is 5.88 Å². The number of aromatic hydroxyl groups is 1. The van der Waals surface area contributed by atoms with Crippen molar-refractivity contribution in [1.82, 2.24) is 4.98 Å². The summed E-state index contributed by atoms with van der Waals surface area (Å²) < 4.78 is 0.913. The number of hydrogen-bond acceptors (Lipinski definition) is 3. The molecule has 0 spiro atoms. The van der Waals surface area contributed by atoms with Crippen LogP contribution in [-0.4, -0.2) is 16.1 Å². The van der Waals surface area contributed by atoms with Gasteiger partial charge in [-0.25, -0.2) is 4.79 Å². The van der Waals surface area contributed by atoms with Crippen LogP contribution in [0.3, 0.4) is 0 Å². The summed E-state index contributed by atoms with van der Waals surface area (Å²) in [6, 6.07) is 12.0. The van der Waals surface area contributed by atoms with Crippen LogP contribution in [0.2, 0.25) is 0 Å². The van der Waals surface area contributed by atoms with Crippen molar-refractivity contribution in [2.75, 3.05) is 5.32 Å². The lowest BCUT2D eigenvalue weighted by Crippen LogP contribution is -2.04. The summed E-state index contributed by atoms with van der Waals surface area (Å²) in [5.74, 6) is -0.131. The van der Waals surface area contributed by atoms with Gasteiger partial charge in [-0.3, -0.25) is 0 Å². The van der Waals surface area contributed by atoms with Gasteiger partial charge >= 0.3 is 6.03 Å². The first-order valence-electron chi connectivity index (χ1n) is 6.83.